The summed E-state index contributed by atoms with van der Waals surface area (Å²) in [4.78, 5) is 41.6. The van der Waals surface area contributed by atoms with E-state index in [0.29, 0.717) is 32.3 Å². The highest BCUT2D eigenvalue weighted by atomic mass is 16.6. The SMILES string of the molecule is O=C(O)C1CC(O)CCC1CONC1CCC(OC2CCC(NC(=O)C3CCC(O)CC3C(=O)O)CC2)CC1. The molecule has 4 saturated carbocycles. The first-order valence-electron chi connectivity index (χ1n) is 14.8. The first-order valence-corrected chi connectivity index (χ1v) is 14.8. The summed E-state index contributed by atoms with van der Waals surface area (Å²) in [6, 6.07) is 0.243. The summed E-state index contributed by atoms with van der Waals surface area (Å²) < 4.78 is 6.38. The number of aliphatic hydroxyl groups excluding tert-OH is 2. The van der Waals surface area contributed by atoms with Gasteiger partial charge in [-0.25, -0.2) is 0 Å². The third-order valence-electron chi connectivity index (χ3n) is 9.39. The molecule has 0 spiro atoms. The van der Waals surface area contributed by atoms with Crippen molar-refractivity contribution in [3.05, 3.63) is 0 Å². The first kappa shape index (κ1) is 30.2. The van der Waals surface area contributed by atoms with Crippen LogP contribution >= 0.6 is 0 Å². The Morgan fingerprint density at radius 2 is 1.18 bits per heavy atom. The third kappa shape index (κ3) is 8.60. The molecule has 39 heavy (non-hydrogen) atoms. The predicted octanol–water partition coefficient (Wildman–Crippen LogP) is 1.99. The fraction of sp³-hybridized carbons (Fsp3) is 0.893. The van der Waals surface area contributed by atoms with Crippen LogP contribution in [0.5, 0.6) is 0 Å². The minimum atomic E-state index is -1.01. The number of carbonyl (C=O) groups is 3. The smallest absolute Gasteiger partial charge is 0.307 e. The number of hydrogen-bond acceptors (Lipinski definition) is 8. The minimum absolute atomic E-state index is 0.0314. The van der Waals surface area contributed by atoms with Crippen LogP contribution in [0.15, 0.2) is 0 Å². The number of ether oxygens (including phenoxy) is 1. The maximum atomic E-state index is 12.8. The Morgan fingerprint density at radius 1 is 0.641 bits per heavy atom. The predicted molar refractivity (Wildman–Crippen MR) is 139 cm³/mol. The number of hydroxylamine groups is 1. The van der Waals surface area contributed by atoms with Crippen molar-refractivity contribution in [3.63, 3.8) is 0 Å². The molecule has 222 valence electrons. The molecular weight excluding hydrogens is 508 g/mol. The molecule has 4 aliphatic rings. The number of aliphatic hydroxyl groups is 2. The molecule has 1 amide bonds. The number of carboxylic acids is 2. The second-order valence-corrected chi connectivity index (χ2v) is 12.2. The molecule has 4 aliphatic carbocycles. The minimum Gasteiger partial charge on any atom is -0.481 e. The summed E-state index contributed by atoms with van der Waals surface area (Å²) in [7, 11) is 0. The average Bonchev–Trinajstić information content (AvgIpc) is 2.91. The van der Waals surface area contributed by atoms with E-state index < -0.39 is 41.9 Å². The second-order valence-electron chi connectivity index (χ2n) is 12.2. The fourth-order valence-electron chi connectivity index (χ4n) is 6.96. The molecule has 11 nitrogen and oxygen atoms in total. The molecule has 0 heterocycles. The number of carbonyl (C=O) groups excluding carboxylic acids is 1. The number of carboxylic acid groups (broad SMARTS) is 2. The van der Waals surface area contributed by atoms with Crippen LogP contribution in [0, 0.1) is 23.7 Å². The van der Waals surface area contributed by atoms with E-state index in [1.165, 1.54) is 0 Å². The summed E-state index contributed by atoms with van der Waals surface area (Å²) in [5.41, 5.74) is 3.13. The Kier molecular flexibility index (Phi) is 11.0. The van der Waals surface area contributed by atoms with Gasteiger partial charge >= 0.3 is 11.9 Å². The largest absolute Gasteiger partial charge is 0.481 e. The van der Waals surface area contributed by atoms with Gasteiger partial charge < -0.3 is 35.3 Å². The maximum absolute atomic E-state index is 12.8. The Bertz CT molecular complexity index is 826. The number of amides is 1. The van der Waals surface area contributed by atoms with Crippen LogP contribution in [0.2, 0.25) is 0 Å². The summed E-state index contributed by atoms with van der Waals surface area (Å²) >= 11 is 0. The molecule has 0 saturated heterocycles. The molecule has 4 fully saturated rings. The molecule has 4 rings (SSSR count). The lowest BCUT2D eigenvalue weighted by Gasteiger charge is -2.36. The number of hydrogen-bond donors (Lipinski definition) is 6. The van der Waals surface area contributed by atoms with E-state index in [9.17, 15) is 34.8 Å². The molecule has 0 bridgehead atoms. The van der Waals surface area contributed by atoms with E-state index in [4.69, 9.17) is 9.57 Å². The summed E-state index contributed by atoms with van der Waals surface area (Å²) in [5, 5.41) is 41.6. The molecule has 0 radical (unpaired) electrons. The standard InChI is InChI=1S/C28H46N2O9/c31-19-6-1-16(24(13-19)27(34)35)15-38-30-18-4-10-22(11-5-18)39-21-8-2-17(3-9-21)29-26(33)23-12-7-20(32)14-25(23)28(36)37/h16-25,30-32H,1-15H2,(H,29,33)(H,34,35)(H,36,37). The van der Waals surface area contributed by atoms with Gasteiger partial charge in [0, 0.05) is 12.1 Å². The molecule has 0 aromatic heterocycles. The van der Waals surface area contributed by atoms with E-state index >= 15 is 0 Å². The van der Waals surface area contributed by atoms with Crippen molar-refractivity contribution in [1.82, 2.24) is 10.8 Å². The lowest BCUT2D eigenvalue weighted by Crippen LogP contribution is -2.47. The van der Waals surface area contributed by atoms with Gasteiger partial charge in [0.25, 0.3) is 0 Å². The van der Waals surface area contributed by atoms with Crippen LogP contribution in [0.4, 0.5) is 0 Å². The lowest BCUT2D eigenvalue weighted by atomic mass is 9.77. The highest BCUT2D eigenvalue weighted by Gasteiger charge is 2.40. The van der Waals surface area contributed by atoms with Gasteiger partial charge in [0.1, 0.15) is 0 Å². The third-order valence-corrected chi connectivity index (χ3v) is 9.39. The number of nitrogens with one attached hydrogen (secondary N) is 2. The Morgan fingerprint density at radius 3 is 1.77 bits per heavy atom. The fourth-order valence-corrected chi connectivity index (χ4v) is 6.96. The van der Waals surface area contributed by atoms with Gasteiger partial charge in [-0.1, -0.05) is 0 Å². The van der Waals surface area contributed by atoms with E-state index in [2.05, 4.69) is 10.8 Å². The van der Waals surface area contributed by atoms with Gasteiger partial charge in [0.05, 0.1) is 48.8 Å². The van der Waals surface area contributed by atoms with Gasteiger partial charge in [0.15, 0.2) is 0 Å². The second kappa shape index (κ2) is 14.2. The van der Waals surface area contributed by atoms with Crippen molar-refractivity contribution in [2.24, 2.45) is 23.7 Å². The van der Waals surface area contributed by atoms with E-state index in [-0.39, 0.29) is 49.0 Å². The highest BCUT2D eigenvalue weighted by molar-refractivity contribution is 5.85. The topological polar surface area (TPSA) is 175 Å². The molecule has 0 aromatic carbocycles. The molecular formula is C28H46N2O9. The molecule has 6 atom stereocenters. The van der Waals surface area contributed by atoms with Crippen molar-refractivity contribution < 1.29 is 44.4 Å². The van der Waals surface area contributed by atoms with Gasteiger partial charge in [-0.15, -0.1) is 0 Å². The van der Waals surface area contributed by atoms with Gasteiger partial charge in [-0.2, -0.15) is 5.48 Å². The Balaban J connectivity index is 1.10. The summed E-state index contributed by atoms with van der Waals surface area (Å²) in [5.74, 6) is -4.15. The lowest BCUT2D eigenvalue weighted by molar-refractivity contribution is -0.151. The van der Waals surface area contributed by atoms with Crippen LogP contribution in [0.25, 0.3) is 0 Å². The molecule has 0 aliphatic heterocycles. The zero-order valence-corrected chi connectivity index (χ0v) is 22.7. The van der Waals surface area contributed by atoms with E-state index in [1.807, 2.05) is 0 Å². The Labute approximate surface area is 230 Å². The quantitative estimate of drug-likeness (QED) is 0.219. The van der Waals surface area contributed by atoms with Crippen molar-refractivity contribution in [2.45, 2.75) is 126 Å². The molecule has 6 unspecified atom stereocenters. The zero-order chi connectivity index (χ0) is 27.9. The summed E-state index contributed by atoms with van der Waals surface area (Å²) in [6.07, 6.45) is 8.75. The first-order chi connectivity index (χ1) is 18.7. The average molecular weight is 555 g/mol. The van der Waals surface area contributed by atoms with Crippen LogP contribution in [0.1, 0.15) is 89.9 Å². The Hall–Kier alpha value is -1.79. The van der Waals surface area contributed by atoms with Gasteiger partial charge in [-0.05, 0) is 95.8 Å². The van der Waals surface area contributed by atoms with Gasteiger partial charge in [0.2, 0.25) is 5.91 Å². The number of rotatable bonds is 10. The normalized spacial score (nSPS) is 39.5. The summed E-state index contributed by atoms with van der Waals surface area (Å²) in [6.45, 7) is 0.333. The number of aliphatic carboxylic acids is 2. The zero-order valence-electron chi connectivity index (χ0n) is 22.7. The molecule has 11 heteroatoms. The van der Waals surface area contributed by atoms with E-state index in [0.717, 1.165) is 51.4 Å². The maximum Gasteiger partial charge on any atom is 0.307 e. The molecule has 6 N–H and O–H groups in total. The van der Waals surface area contributed by atoms with Crippen LogP contribution in [-0.2, 0) is 24.0 Å². The monoisotopic (exact) mass is 554 g/mol. The van der Waals surface area contributed by atoms with Gasteiger partial charge in [-0.3, -0.25) is 14.4 Å². The van der Waals surface area contributed by atoms with Crippen LogP contribution in [-0.4, -0.2) is 81.4 Å². The van der Waals surface area contributed by atoms with E-state index in [1.54, 1.807) is 0 Å². The van der Waals surface area contributed by atoms with Crippen molar-refractivity contribution >= 4 is 17.8 Å². The van der Waals surface area contributed by atoms with Crippen molar-refractivity contribution in [3.8, 4) is 0 Å². The molecule has 0 aromatic rings. The van der Waals surface area contributed by atoms with Crippen molar-refractivity contribution in [1.29, 1.82) is 0 Å². The highest BCUT2D eigenvalue weighted by Crippen LogP contribution is 2.33. The van der Waals surface area contributed by atoms with Crippen molar-refractivity contribution in [2.75, 3.05) is 6.61 Å². The van der Waals surface area contributed by atoms with Crippen LogP contribution in [0.3, 0.4) is 0 Å². The van der Waals surface area contributed by atoms with Crippen LogP contribution < -0.4 is 10.8 Å².